The van der Waals surface area contributed by atoms with Crippen molar-refractivity contribution in [2.45, 2.75) is 38.3 Å². The molecule has 1 fully saturated rings. The molecule has 0 radical (unpaired) electrons. The fraction of sp³-hybridized carbons (Fsp3) is 0.562. The van der Waals surface area contributed by atoms with Gasteiger partial charge in [0, 0.05) is 25.2 Å². The van der Waals surface area contributed by atoms with E-state index in [0.717, 1.165) is 18.4 Å². The lowest BCUT2D eigenvalue weighted by Gasteiger charge is -2.23. The molecule has 0 saturated heterocycles. The second-order valence-electron chi connectivity index (χ2n) is 5.85. The van der Waals surface area contributed by atoms with Crippen molar-refractivity contribution < 1.29 is 18.0 Å². The van der Waals surface area contributed by atoms with Gasteiger partial charge in [0.2, 0.25) is 5.91 Å². The highest BCUT2D eigenvalue weighted by Gasteiger charge is 2.31. The van der Waals surface area contributed by atoms with Gasteiger partial charge in [-0.05, 0) is 36.8 Å². The first kappa shape index (κ1) is 19.6. The second kappa shape index (κ2) is 8.43. The van der Waals surface area contributed by atoms with Crippen molar-refractivity contribution in [1.29, 1.82) is 0 Å². The third-order valence-electron chi connectivity index (χ3n) is 3.86. The van der Waals surface area contributed by atoms with Crippen LogP contribution in [0.4, 0.5) is 18.9 Å². The molecule has 2 rings (SSSR count). The van der Waals surface area contributed by atoms with Gasteiger partial charge in [0.15, 0.2) is 0 Å². The van der Waals surface area contributed by atoms with Crippen LogP contribution in [-0.4, -0.2) is 30.1 Å². The average molecular weight is 351 g/mol. The first-order valence-electron chi connectivity index (χ1n) is 7.53. The van der Waals surface area contributed by atoms with Gasteiger partial charge in [-0.3, -0.25) is 4.79 Å². The lowest BCUT2D eigenvalue weighted by Crippen LogP contribution is -2.36. The lowest BCUT2D eigenvalue weighted by atomic mass is 10.1. The lowest BCUT2D eigenvalue weighted by molar-refractivity contribution is -0.145. The Morgan fingerprint density at radius 2 is 1.91 bits per heavy atom. The molecular formula is C16H22ClF3N2O. The Bertz CT molecular complexity index is 518. The van der Waals surface area contributed by atoms with Crippen molar-refractivity contribution in [3.05, 3.63) is 29.8 Å². The molecule has 1 amide bonds. The summed E-state index contributed by atoms with van der Waals surface area (Å²) in [6.45, 7) is 0.197. The number of halogens is 4. The standard InChI is InChI=1S/C16H21F3N2O.ClH/c17-16(18,19)9-10-21(11-12-5-6-12)15(22)8-7-13-3-1-2-4-14(13)20;/h1-4,12H,5-11,20H2;1H. The third kappa shape index (κ3) is 7.12. The van der Waals surface area contributed by atoms with E-state index < -0.39 is 12.6 Å². The number of benzene rings is 1. The van der Waals surface area contributed by atoms with Crippen LogP contribution in [0.1, 0.15) is 31.2 Å². The van der Waals surface area contributed by atoms with Crippen LogP contribution in [-0.2, 0) is 11.2 Å². The fourth-order valence-electron chi connectivity index (χ4n) is 2.35. The van der Waals surface area contributed by atoms with E-state index >= 15 is 0 Å². The van der Waals surface area contributed by atoms with Gasteiger partial charge in [0.05, 0.1) is 6.42 Å². The predicted octanol–water partition coefficient (Wildman–Crippen LogP) is 3.81. The maximum Gasteiger partial charge on any atom is 0.390 e. The molecule has 3 nitrogen and oxygen atoms in total. The molecule has 0 unspecified atom stereocenters. The zero-order chi connectivity index (χ0) is 16.2. The SMILES string of the molecule is Cl.Nc1ccccc1CCC(=O)N(CCC(F)(F)F)CC1CC1. The largest absolute Gasteiger partial charge is 0.399 e. The van der Waals surface area contributed by atoms with E-state index in [1.165, 1.54) is 4.90 Å². The van der Waals surface area contributed by atoms with Crippen LogP contribution in [0.25, 0.3) is 0 Å². The van der Waals surface area contributed by atoms with Crippen LogP contribution >= 0.6 is 12.4 Å². The van der Waals surface area contributed by atoms with Crippen molar-refractivity contribution >= 4 is 24.0 Å². The third-order valence-corrected chi connectivity index (χ3v) is 3.86. The molecule has 0 heterocycles. The van der Waals surface area contributed by atoms with Gasteiger partial charge in [0.25, 0.3) is 0 Å². The highest BCUT2D eigenvalue weighted by molar-refractivity contribution is 5.85. The van der Waals surface area contributed by atoms with E-state index in [1.54, 1.807) is 6.07 Å². The smallest absolute Gasteiger partial charge is 0.390 e. The number of hydrogen-bond donors (Lipinski definition) is 1. The molecule has 0 atom stereocenters. The molecule has 130 valence electrons. The second-order valence-corrected chi connectivity index (χ2v) is 5.85. The Kier molecular flexibility index (Phi) is 7.19. The summed E-state index contributed by atoms with van der Waals surface area (Å²) in [5, 5.41) is 0. The van der Waals surface area contributed by atoms with Crippen LogP contribution < -0.4 is 5.73 Å². The number of alkyl halides is 3. The Hall–Kier alpha value is -1.43. The summed E-state index contributed by atoms with van der Waals surface area (Å²) in [4.78, 5) is 13.6. The van der Waals surface area contributed by atoms with Gasteiger partial charge in [0.1, 0.15) is 0 Å². The first-order chi connectivity index (χ1) is 10.3. The molecule has 0 aromatic heterocycles. The number of hydrogen-bond acceptors (Lipinski definition) is 2. The Labute approximate surface area is 140 Å². The summed E-state index contributed by atoms with van der Waals surface area (Å²) in [5.74, 6) is 0.151. The number of anilines is 1. The quantitative estimate of drug-likeness (QED) is 0.760. The topological polar surface area (TPSA) is 46.3 Å². The van der Waals surface area contributed by atoms with Gasteiger partial charge in [-0.25, -0.2) is 0 Å². The number of rotatable bonds is 7. The number of nitrogen functional groups attached to an aromatic ring is 1. The zero-order valence-corrected chi connectivity index (χ0v) is 13.6. The van der Waals surface area contributed by atoms with Crippen LogP contribution in [0.15, 0.2) is 24.3 Å². The molecule has 0 spiro atoms. The Balaban J connectivity index is 0.00000264. The minimum absolute atomic E-state index is 0. The maximum atomic E-state index is 12.4. The summed E-state index contributed by atoms with van der Waals surface area (Å²) in [7, 11) is 0. The minimum atomic E-state index is -4.23. The monoisotopic (exact) mass is 350 g/mol. The van der Waals surface area contributed by atoms with Crippen LogP contribution in [0.5, 0.6) is 0 Å². The van der Waals surface area contributed by atoms with E-state index in [2.05, 4.69) is 0 Å². The molecule has 7 heteroatoms. The van der Waals surface area contributed by atoms with Gasteiger partial charge in [-0.1, -0.05) is 18.2 Å². The number of para-hydroxylation sites is 1. The number of amides is 1. The maximum absolute atomic E-state index is 12.4. The molecule has 0 aliphatic heterocycles. The van der Waals surface area contributed by atoms with Gasteiger partial charge in [-0.15, -0.1) is 12.4 Å². The number of aryl methyl sites for hydroxylation is 1. The van der Waals surface area contributed by atoms with Crippen molar-refractivity contribution in [1.82, 2.24) is 4.90 Å². The molecule has 1 aliphatic carbocycles. The summed E-state index contributed by atoms with van der Waals surface area (Å²) in [5.41, 5.74) is 7.29. The van der Waals surface area contributed by atoms with E-state index in [4.69, 9.17) is 5.73 Å². The van der Waals surface area contributed by atoms with E-state index in [0.29, 0.717) is 24.6 Å². The fourth-order valence-corrected chi connectivity index (χ4v) is 2.35. The highest BCUT2D eigenvalue weighted by Crippen LogP contribution is 2.30. The van der Waals surface area contributed by atoms with Crippen LogP contribution in [0.2, 0.25) is 0 Å². The number of carbonyl (C=O) groups is 1. The predicted molar refractivity (Wildman–Crippen MR) is 86.4 cm³/mol. The van der Waals surface area contributed by atoms with Crippen molar-refractivity contribution in [2.75, 3.05) is 18.8 Å². The average Bonchev–Trinajstić information content (AvgIpc) is 3.25. The first-order valence-corrected chi connectivity index (χ1v) is 7.53. The number of nitrogens with two attached hydrogens (primary N) is 1. The van der Waals surface area contributed by atoms with E-state index in [-0.39, 0.29) is 31.3 Å². The van der Waals surface area contributed by atoms with Crippen molar-refractivity contribution in [3.8, 4) is 0 Å². The van der Waals surface area contributed by atoms with Crippen LogP contribution in [0.3, 0.4) is 0 Å². The summed E-state index contributed by atoms with van der Waals surface area (Å²) >= 11 is 0. The van der Waals surface area contributed by atoms with Crippen molar-refractivity contribution in [3.63, 3.8) is 0 Å². The zero-order valence-electron chi connectivity index (χ0n) is 12.8. The Morgan fingerprint density at radius 3 is 2.48 bits per heavy atom. The summed E-state index contributed by atoms with van der Waals surface area (Å²) < 4.78 is 37.1. The van der Waals surface area contributed by atoms with Gasteiger partial charge >= 0.3 is 6.18 Å². The Morgan fingerprint density at radius 1 is 1.26 bits per heavy atom. The van der Waals surface area contributed by atoms with Crippen molar-refractivity contribution in [2.24, 2.45) is 5.92 Å². The highest BCUT2D eigenvalue weighted by atomic mass is 35.5. The number of nitrogens with zero attached hydrogens (tertiary/aromatic N) is 1. The molecular weight excluding hydrogens is 329 g/mol. The summed E-state index contributed by atoms with van der Waals surface area (Å²) in [6, 6.07) is 7.24. The normalized spacial score (nSPS) is 14.2. The molecule has 0 bridgehead atoms. The van der Waals surface area contributed by atoms with Gasteiger partial charge < -0.3 is 10.6 Å². The molecule has 1 aromatic rings. The molecule has 2 N–H and O–H groups in total. The molecule has 23 heavy (non-hydrogen) atoms. The van der Waals surface area contributed by atoms with Crippen LogP contribution in [0, 0.1) is 5.92 Å². The minimum Gasteiger partial charge on any atom is -0.399 e. The molecule has 1 saturated carbocycles. The molecule has 1 aliphatic rings. The number of carbonyl (C=O) groups excluding carboxylic acids is 1. The van der Waals surface area contributed by atoms with Gasteiger partial charge in [-0.2, -0.15) is 13.2 Å². The van der Waals surface area contributed by atoms with E-state index in [9.17, 15) is 18.0 Å². The summed E-state index contributed by atoms with van der Waals surface area (Å²) in [6.07, 6.45) is -2.52. The molecule has 1 aromatic carbocycles. The van der Waals surface area contributed by atoms with E-state index in [1.807, 2.05) is 18.2 Å².